The highest BCUT2D eigenvalue weighted by atomic mass is 32.2. The lowest BCUT2D eigenvalue weighted by molar-refractivity contribution is -0.127. The second kappa shape index (κ2) is 7.57. The number of imide groups is 1. The molecule has 29 heavy (non-hydrogen) atoms. The molecule has 0 bridgehead atoms. The van der Waals surface area contributed by atoms with E-state index in [1.54, 1.807) is 24.3 Å². The van der Waals surface area contributed by atoms with E-state index in [0.29, 0.717) is 12.8 Å². The maximum atomic E-state index is 13.1. The number of rotatable bonds is 4. The number of carbonyl (C=O) groups excluding carboxylic acids is 2. The highest BCUT2D eigenvalue weighted by molar-refractivity contribution is 7.89. The third kappa shape index (κ3) is 3.75. The fourth-order valence-electron chi connectivity index (χ4n) is 3.67. The molecule has 2 aromatic rings. The molecule has 4 rings (SSSR count). The summed E-state index contributed by atoms with van der Waals surface area (Å²) in [4.78, 5) is 24.7. The predicted octanol–water partition coefficient (Wildman–Crippen LogP) is 2.62. The number of halogens is 1. The summed E-state index contributed by atoms with van der Waals surface area (Å²) in [6.45, 7) is 0.172. The number of nitrogens with zero attached hydrogens (tertiary/aromatic N) is 2. The van der Waals surface area contributed by atoms with Gasteiger partial charge in [0.15, 0.2) is 6.61 Å². The Bertz CT molecular complexity index is 1010. The van der Waals surface area contributed by atoms with Crippen LogP contribution >= 0.6 is 0 Å². The summed E-state index contributed by atoms with van der Waals surface area (Å²) in [7, 11) is -3.69. The van der Waals surface area contributed by atoms with Crippen LogP contribution in [0.1, 0.15) is 12.8 Å². The summed E-state index contributed by atoms with van der Waals surface area (Å²) in [5, 5.41) is 0. The van der Waals surface area contributed by atoms with Crippen LogP contribution in [0.2, 0.25) is 0 Å². The third-order valence-electron chi connectivity index (χ3n) is 5.24. The summed E-state index contributed by atoms with van der Waals surface area (Å²) >= 11 is 0. The van der Waals surface area contributed by atoms with E-state index >= 15 is 0 Å². The van der Waals surface area contributed by atoms with E-state index in [2.05, 4.69) is 0 Å². The van der Waals surface area contributed by atoms with Crippen LogP contribution in [0.15, 0.2) is 53.4 Å². The standard InChI is InChI=1S/C20H19FN2O5S/c21-16-5-1-14(2-6-16)15-3-7-18(8-4-15)29(26,27)22-11-9-17(10-12-22)23-19(24)13-28-20(23)25/h1-8,17H,9-13H2. The van der Waals surface area contributed by atoms with Crippen molar-refractivity contribution in [3.8, 4) is 11.1 Å². The molecule has 2 aliphatic rings. The van der Waals surface area contributed by atoms with Gasteiger partial charge in [-0.1, -0.05) is 24.3 Å². The molecule has 0 radical (unpaired) electrons. The average molecular weight is 418 g/mol. The molecule has 0 unspecified atom stereocenters. The van der Waals surface area contributed by atoms with E-state index in [4.69, 9.17) is 4.74 Å². The van der Waals surface area contributed by atoms with Gasteiger partial charge in [-0.15, -0.1) is 0 Å². The average Bonchev–Trinajstić information content (AvgIpc) is 3.07. The Balaban J connectivity index is 1.46. The molecule has 0 spiro atoms. The highest BCUT2D eigenvalue weighted by Crippen LogP contribution is 2.27. The van der Waals surface area contributed by atoms with Crippen molar-refractivity contribution in [2.75, 3.05) is 19.7 Å². The van der Waals surface area contributed by atoms with Crippen LogP contribution in [0, 0.1) is 5.82 Å². The largest absolute Gasteiger partial charge is 0.439 e. The summed E-state index contributed by atoms with van der Waals surface area (Å²) in [5.41, 5.74) is 1.58. The second-order valence-corrected chi connectivity index (χ2v) is 8.92. The van der Waals surface area contributed by atoms with Gasteiger partial charge in [-0.2, -0.15) is 4.31 Å². The van der Waals surface area contributed by atoms with Crippen molar-refractivity contribution < 1.29 is 27.1 Å². The summed E-state index contributed by atoms with van der Waals surface area (Å²) in [6, 6.07) is 12.1. The number of piperidine rings is 1. The van der Waals surface area contributed by atoms with Crippen LogP contribution in [0.4, 0.5) is 9.18 Å². The first kappa shape index (κ1) is 19.5. The van der Waals surface area contributed by atoms with Crippen LogP contribution in [0.3, 0.4) is 0 Å². The second-order valence-electron chi connectivity index (χ2n) is 6.98. The lowest BCUT2D eigenvalue weighted by atomic mass is 10.1. The van der Waals surface area contributed by atoms with E-state index < -0.39 is 16.1 Å². The Kier molecular flexibility index (Phi) is 5.10. The first-order valence-electron chi connectivity index (χ1n) is 9.21. The maximum Gasteiger partial charge on any atom is 0.417 e. The molecular weight excluding hydrogens is 399 g/mol. The quantitative estimate of drug-likeness (QED) is 0.762. The van der Waals surface area contributed by atoms with Crippen LogP contribution in [-0.2, 0) is 19.6 Å². The van der Waals surface area contributed by atoms with Crippen molar-refractivity contribution in [3.63, 3.8) is 0 Å². The molecule has 2 amide bonds. The van der Waals surface area contributed by atoms with Crippen LogP contribution in [0.25, 0.3) is 11.1 Å². The van der Waals surface area contributed by atoms with E-state index in [0.717, 1.165) is 16.0 Å². The van der Waals surface area contributed by atoms with Gasteiger partial charge in [-0.25, -0.2) is 22.5 Å². The van der Waals surface area contributed by atoms with Gasteiger partial charge in [0.2, 0.25) is 10.0 Å². The Hall–Kier alpha value is -2.78. The molecule has 0 aliphatic carbocycles. The lowest BCUT2D eigenvalue weighted by Gasteiger charge is -2.34. The molecule has 0 atom stereocenters. The fraction of sp³-hybridized carbons (Fsp3) is 0.300. The Morgan fingerprint density at radius 3 is 1.97 bits per heavy atom. The van der Waals surface area contributed by atoms with E-state index in [9.17, 15) is 22.4 Å². The maximum absolute atomic E-state index is 13.1. The number of sulfonamides is 1. The molecule has 0 saturated carbocycles. The summed E-state index contributed by atoms with van der Waals surface area (Å²) < 4.78 is 45.0. The van der Waals surface area contributed by atoms with Gasteiger partial charge in [0.05, 0.1) is 4.90 Å². The van der Waals surface area contributed by atoms with Gasteiger partial charge in [-0.05, 0) is 48.2 Å². The number of hydrogen-bond acceptors (Lipinski definition) is 5. The van der Waals surface area contributed by atoms with Gasteiger partial charge >= 0.3 is 6.09 Å². The van der Waals surface area contributed by atoms with Gasteiger partial charge in [0.1, 0.15) is 5.82 Å². The van der Waals surface area contributed by atoms with E-state index in [1.807, 2.05) is 0 Å². The zero-order valence-electron chi connectivity index (χ0n) is 15.5. The van der Waals surface area contributed by atoms with Crippen molar-refractivity contribution in [1.82, 2.24) is 9.21 Å². The minimum absolute atomic E-state index is 0.165. The van der Waals surface area contributed by atoms with Crippen molar-refractivity contribution in [3.05, 3.63) is 54.3 Å². The first-order valence-corrected chi connectivity index (χ1v) is 10.7. The van der Waals surface area contributed by atoms with Crippen molar-refractivity contribution in [2.24, 2.45) is 0 Å². The normalized spacial score (nSPS) is 18.9. The number of hydrogen-bond donors (Lipinski definition) is 0. The zero-order chi connectivity index (χ0) is 20.6. The minimum atomic E-state index is -3.69. The van der Waals surface area contributed by atoms with Crippen LogP contribution in [-0.4, -0.2) is 55.4 Å². The number of benzene rings is 2. The van der Waals surface area contributed by atoms with Gasteiger partial charge in [0, 0.05) is 19.1 Å². The molecule has 2 saturated heterocycles. The highest BCUT2D eigenvalue weighted by Gasteiger charge is 2.40. The number of ether oxygens (including phenoxy) is 1. The molecule has 7 nitrogen and oxygen atoms in total. The van der Waals surface area contributed by atoms with Gasteiger partial charge < -0.3 is 4.74 Å². The smallest absolute Gasteiger partial charge is 0.417 e. The van der Waals surface area contributed by atoms with E-state index in [1.165, 1.54) is 28.6 Å². The minimum Gasteiger partial charge on any atom is -0.439 e. The molecular formula is C20H19FN2O5S. The molecule has 2 aliphatic heterocycles. The third-order valence-corrected chi connectivity index (χ3v) is 7.16. The molecule has 0 N–H and O–H groups in total. The Labute approximate surface area is 167 Å². The van der Waals surface area contributed by atoms with Crippen LogP contribution < -0.4 is 0 Å². The first-order chi connectivity index (χ1) is 13.9. The Morgan fingerprint density at radius 2 is 1.45 bits per heavy atom. The topological polar surface area (TPSA) is 84.0 Å². The summed E-state index contributed by atoms with van der Waals surface area (Å²) in [5.74, 6) is -0.715. The van der Waals surface area contributed by atoms with E-state index in [-0.39, 0.29) is 42.4 Å². The molecule has 9 heteroatoms. The van der Waals surface area contributed by atoms with Crippen molar-refractivity contribution in [2.45, 2.75) is 23.8 Å². The summed E-state index contributed by atoms with van der Waals surface area (Å²) in [6.07, 6.45) is 0.0780. The van der Waals surface area contributed by atoms with Gasteiger partial charge in [-0.3, -0.25) is 4.79 Å². The Morgan fingerprint density at radius 1 is 0.897 bits per heavy atom. The van der Waals surface area contributed by atoms with Crippen LogP contribution in [0.5, 0.6) is 0 Å². The monoisotopic (exact) mass is 418 g/mol. The molecule has 2 heterocycles. The van der Waals surface area contributed by atoms with Gasteiger partial charge in [0.25, 0.3) is 5.91 Å². The van der Waals surface area contributed by atoms with Crippen molar-refractivity contribution in [1.29, 1.82) is 0 Å². The molecule has 2 aromatic carbocycles. The molecule has 0 aromatic heterocycles. The molecule has 152 valence electrons. The predicted molar refractivity (Wildman–Crippen MR) is 102 cm³/mol. The number of cyclic esters (lactones) is 1. The van der Waals surface area contributed by atoms with Crippen molar-refractivity contribution >= 4 is 22.0 Å². The fourth-order valence-corrected chi connectivity index (χ4v) is 5.14. The lowest BCUT2D eigenvalue weighted by Crippen LogP contribution is -2.48. The molecule has 2 fully saturated rings. The number of amides is 2. The number of carbonyl (C=O) groups is 2. The SMILES string of the molecule is O=C1COC(=O)N1C1CCN(S(=O)(=O)c2ccc(-c3ccc(F)cc3)cc2)CC1. The zero-order valence-corrected chi connectivity index (χ0v) is 16.3.